The first-order valence-corrected chi connectivity index (χ1v) is 14.1. The molecule has 4 rings (SSSR count). The van der Waals surface area contributed by atoms with Gasteiger partial charge in [0, 0.05) is 56.8 Å². The normalized spacial score (nSPS) is 18.1. The quantitative estimate of drug-likeness (QED) is 0.316. The Balaban J connectivity index is 1.25. The molecule has 0 radical (unpaired) electrons. The second-order valence-electron chi connectivity index (χ2n) is 11.5. The van der Waals surface area contributed by atoms with Gasteiger partial charge in [0.15, 0.2) is 11.5 Å². The number of aromatic nitrogens is 3. The minimum Gasteiger partial charge on any atom is -0.387 e. The fraction of sp³-hybridized carbons (Fsp3) is 0.536. The average Bonchev–Trinajstić information content (AvgIpc) is 3.43. The molecule has 0 bridgehead atoms. The van der Waals surface area contributed by atoms with Gasteiger partial charge in [-0.3, -0.25) is 9.30 Å². The van der Waals surface area contributed by atoms with Crippen molar-refractivity contribution in [3.05, 3.63) is 53.0 Å². The minimum absolute atomic E-state index is 0.0786. The number of anilines is 2. The third-order valence-electron chi connectivity index (χ3n) is 7.14. The van der Waals surface area contributed by atoms with Gasteiger partial charge in [0.1, 0.15) is 4.60 Å². The molecule has 1 fully saturated rings. The molecule has 1 aromatic carbocycles. The number of rotatable bonds is 9. The van der Waals surface area contributed by atoms with E-state index in [4.69, 9.17) is 0 Å². The van der Waals surface area contributed by atoms with Crippen LogP contribution in [0.4, 0.5) is 16.3 Å². The van der Waals surface area contributed by atoms with Gasteiger partial charge in [-0.05, 0) is 65.7 Å². The number of fused-ring (bicyclic) bond motifs is 1. The van der Waals surface area contributed by atoms with E-state index < -0.39 is 5.60 Å². The Hall–Kier alpha value is -2.69. The fourth-order valence-electron chi connectivity index (χ4n) is 4.88. The van der Waals surface area contributed by atoms with Gasteiger partial charge in [-0.1, -0.05) is 32.9 Å². The first kappa shape index (κ1) is 28.3. The molecule has 206 valence electrons. The molecule has 1 aliphatic heterocycles. The van der Waals surface area contributed by atoms with Gasteiger partial charge in [0.2, 0.25) is 0 Å². The Morgan fingerprint density at radius 2 is 1.97 bits per heavy atom. The number of aliphatic hydroxyl groups is 1. The number of hydrogen-bond donors (Lipinski definition) is 3. The van der Waals surface area contributed by atoms with E-state index in [1.54, 1.807) is 12.4 Å². The maximum absolute atomic E-state index is 12.4. The lowest BCUT2D eigenvalue weighted by Crippen LogP contribution is -2.48. The second kappa shape index (κ2) is 11.6. The molecule has 0 spiro atoms. The highest BCUT2D eigenvalue weighted by atomic mass is 79.9. The third-order valence-corrected chi connectivity index (χ3v) is 7.73. The number of β-amino-alcohol motifs (C(OH)–C–C–N with tert-alkyl or cyclic N) is 1. The molecular weight excluding hydrogens is 546 g/mol. The number of nitrogens with zero attached hydrogens (tertiary/aromatic N) is 5. The van der Waals surface area contributed by atoms with Gasteiger partial charge in [-0.15, -0.1) is 0 Å². The highest BCUT2D eigenvalue weighted by Gasteiger charge is 2.39. The van der Waals surface area contributed by atoms with Crippen LogP contribution >= 0.6 is 15.9 Å². The summed E-state index contributed by atoms with van der Waals surface area (Å²) in [6.07, 6.45) is 6.85. The zero-order valence-corrected chi connectivity index (χ0v) is 24.6. The van der Waals surface area contributed by atoms with Crippen molar-refractivity contribution in [3.63, 3.8) is 0 Å². The van der Waals surface area contributed by atoms with E-state index in [-0.39, 0.29) is 17.5 Å². The number of urea groups is 1. The summed E-state index contributed by atoms with van der Waals surface area (Å²) in [7, 11) is 0. The average molecular weight is 587 g/mol. The van der Waals surface area contributed by atoms with E-state index in [9.17, 15) is 9.90 Å². The Labute approximate surface area is 233 Å². The fourth-order valence-corrected chi connectivity index (χ4v) is 5.26. The van der Waals surface area contributed by atoms with Crippen LogP contribution in [0, 0.1) is 0 Å². The molecule has 1 atom stereocenters. The third kappa shape index (κ3) is 6.84. The standard InChI is InChI=1S/C28H40BrN7O2/c1-20(2)34(14-6-12-31-26(37)33-22-9-7-21(8-10-22)27(3,4)5)18-28(38)11-15-35(19-28)24-25-32-17-23(29)36(25)16-13-30-24/h7-10,13,16-17,20,38H,6,11-12,14-15,18-19H2,1-5H3,(H2,31,33,37). The van der Waals surface area contributed by atoms with Gasteiger partial charge in [-0.2, -0.15) is 0 Å². The van der Waals surface area contributed by atoms with Gasteiger partial charge in [0.05, 0.1) is 11.8 Å². The molecule has 1 aliphatic rings. The zero-order valence-electron chi connectivity index (χ0n) is 23.0. The van der Waals surface area contributed by atoms with E-state index in [1.165, 1.54) is 5.56 Å². The van der Waals surface area contributed by atoms with Crippen molar-refractivity contribution in [2.45, 2.75) is 64.5 Å². The van der Waals surface area contributed by atoms with Crippen LogP contribution < -0.4 is 15.5 Å². The smallest absolute Gasteiger partial charge is 0.319 e. The van der Waals surface area contributed by atoms with Crippen molar-refractivity contribution in [3.8, 4) is 0 Å². The second-order valence-corrected chi connectivity index (χ2v) is 12.4. The van der Waals surface area contributed by atoms with Crippen molar-refractivity contribution < 1.29 is 9.90 Å². The summed E-state index contributed by atoms with van der Waals surface area (Å²) in [6, 6.07) is 8.04. The Morgan fingerprint density at radius 3 is 2.66 bits per heavy atom. The maximum Gasteiger partial charge on any atom is 0.319 e. The molecule has 0 aliphatic carbocycles. The monoisotopic (exact) mass is 585 g/mol. The topological polar surface area (TPSA) is 98.0 Å². The summed E-state index contributed by atoms with van der Waals surface area (Å²) in [5.41, 5.74) is 2.02. The van der Waals surface area contributed by atoms with Crippen molar-refractivity contribution in [1.29, 1.82) is 0 Å². The van der Waals surface area contributed by atoms with Crippen molar-refractivity contribution >= 4 is 39.1 Å². The molecule has 3 aromatic rings. The van der Waals surface area contributed by atoms with Gasteiger partial charge in [-0.25, -0.2) is 14.8 Å². The van der Waals surface area contributed by atoms with Crippen LogP contribution in [-0.4, -0.2) is 74.8 Å². The zero-order chi connectivity index (χ0) is 27.5. The number of amides is 2. The Kier molecular flexibility index (Phi) is 8.64. The first-order valence-electron chi connectivity index (χ1n) is 13.3. The predicted octanol–water partition coefficient (Wildman–Crippen LogP) is 4.65. The van der Waals surface area contributed by atoms with E-state index in [0.717, 1.165) is 41.3 Å². The molecule has 2 aromatic heterocycles. The van der Waals surface area contributed by atoms with E-state index >= 15 is 0 Å². The number of imidazole rings is 1. The van der Waals surface area contributed by atoms with Crippen LogP contribution in [0.3, 0.4) is 0 Å². The van der Waals surface area contributed by atoms with Crippen molar-refractivity contribution in [2.75, 3.05) is 42.9 Å². The summed E-state index contributed by atoms with van der Waals surface area (Å²) in [5.74, 6) is 0.786. The SMILES string of the molecule is CC(C)N(CCCNC(=O)Nc1ccc(C(C)(C)C)cc1)CC1(O)CCN(c2nccn3c(Br)cnc23)C1. The summed E-state index contributed by atoms with van der Waals surface area (Å²) in [5, 5.41) is 17.3. The molecule has 9 nitrogen and oxygen atoms in total. The molecule has 1 saturated heterocycles. The molecule has 1 unspecified atom stereocenters. The number of hydrogen-bond acceptors (Lipinski definition) is 6. The number of carbonyl (C=O) groups is 1. The lowest BCUT2D eigenvalue weighted by molar-refractivity contribution is 0.0125. The Morgan fingerprint density at radius 1 is 1.24 bits per heavy atom. The van der Waals surface area contributed by atoms with E-state index in [1.807, 2.05) is 22.7 Å². The van der Waals surface area contributed by atoms with Crippen LogP contribution in [0.15, 0.2) is 47.5 Å². The van der Waals surface area contributed by atoms with Gasteiger partial charge >= 0.3 is 6.03 Å². The summed E-state index contributed by atoms with van der Waals surface area (Å²) < 4.78 is 2.82. The van der Waals surface area contributed by atoms with Crippen LogP contribution in [0.25, 0.3) is 5.65 Å². The molecule has 3 N–H and O–H groups in total. The number of nitrogens with one attached hydrogen (secondary N) is 2. The van der Waals surface area contributed by atoms with Crippen molar-refractivity contribution in [2.24, 2.45) is 0 Å². The van der Waals surface area contributed by atoms with Gasteiger partial charge in [0.25, 0.3) is 0 Å². The van der Waals surface area contributed by atoms with Crippen LogP contribution in [0.2, 0.25) is 0 Å². The molecule has 0 saturated carbocycles. The van der Waals surface area contributed by atoms with Crippen LogP contribution in [0.5, 0.6) is 0 Å². The highest BCUT2D eigenvalue weighted by Crippen LogP contribution is 2.30. The molecule has 2 amide bonds. The lowest BCUT2D eigenvalue weighted by Gasteiger charge is -2.34. The first-order chi connectivity index (χ1) is 17.9. The molecular formula is C28H40BrN7O2. The number of halogens is 1. The van der Waals surface area contributed by atoms with Crippen LogP contribution in [-0.2, 0) is 5.41 Å². The lowest BCUT2D eigenvalue weighted by atomic mass is 9.87. The van der Waals surface area contributed by atoms with E-state index in [0.29, 0.717) is 26.1 Å². The molecule has 38 heavy (non-hydrogen) atoms. The van der Waals surface area contributed by atoms with Crippen LogP contribution in [0.1, 0.15) is 53.0 Å². The number of carbonyl (C=O) groups excluding carboxylic acids is 1. The van der Waals surface area contributed by atoms with Gasteiger partial charge < -0.3 is 20.6 Å². The van der Waals surface area contributed by atoms with E-state index in [2.05, 4.69) is 93.1 Å². The molecule has 3 heterocycles. The largest absolute Gasteiger partial charge is 0.387 e. The Bertz CT molecular complexity index is 1240. The summed E-state index contributed by atoms with van der Waals surface area (Å²) in [6.45, 7) is 13.9. The summed E-state index contributed by atoms with van der Waals surface area (Å²) >= 11 is 3.51. The minimum atomic E-state index is -0.841. The predicted molar refractivity (Wildman–Crippen MR) is 156 cm³/mol. The maximum atomic E-state index is 12.4. The van der Waals surface area contributed by atoms with Crippen molar-refractivity contribution in [1.82, 2.24) is 24.6 Å². The molecule has 10 heteroatoms. The number of benzene rings is 1. The highest BCUT2D eigenvalue weighted by molar-refractivity contribution is 9.10. The summed E-state index contributed by atoms with van der Waals surface area (Å²) in [4.78, 5) is 25.8.